The number of rotatable bonds is 5. The molecule has 0 aliphatic rings. The van der Waals surface area contributed by atoms with Gasteiger partial charge in [-0.05, 0) is 26.0 Å². The number of hydrogen-bond donors (Lipinski definition) is 1. The first kappa shape index (κ1) is 16.6. The molecule has 0 atom stereocenters. The van der Waals surface area contributed by atoms with E-state index in [0.717, 1.165) is 17.0 Å². The number of aliphatic carboxylic acids is 1. The van der Waals surface area contributed by atoms with E-state index >= 15 is 0 Å². The molecule has 0 aliphatic carbocycles. The van der Waals surface area contributed by atoms with Gasteiger partial charge in [0, 0.05) is 17.1 Å². The van der Waals surface area contributed by atoms with Crippen molar-refractivity contribution < 1.29 is 23.5 Å². The lowest BCUT2D eigenvalue weighted by Gasteiger charge is -2.26. The molecule has 0 aliphatic heterocycles. The van der Waals surface area contributed by atoms with Gasteiger partial charge in [0.25, 0.3) is 5.91 Å². The van der Waals surface area contributed by atoms with E-state index in [1.807, 2.05) is 0 Å². The van der Waals surface area contributed by atoms with Crippen LogP contribution < -0.4 is 0 Å². The van der Waals surface area contributed by atoms with Gasteiger partial charge in [-0.15, -0.1) is 0 Å². The molecule has 0 saturated carbocycles. The van der Waals surface area contributed by atoms with Crippen LogP contribution in [-0.2, 0) is 4.79 Å². The van der Waals surface area contributed by atoms with Crippen LogP contribution in [0.1, 0.15) is 30.6 Å². The van der Waals surface area contributed by atoms with Gasteiger partial charge in [-0.1, -0.05) is 15.9 Å². The Labute approximate surface area is 123 Å². The molecule has 0 saturated heterocycles. The molecular weight excluding hydrogens is 336 g/mol. The van der Waals surface area contributed by atoms with Gasteiger partial charge in [-0.3, -0.25) is 9.59 Å². The zero-order chi connectivity index (χ0) is 15.4. The highest BCUT2D eigenvalue weighted by atomic mass is 79.9. The number of benzene rings is 1. The summed E-state index contributed by atoms with van der Waals surface area (Å²) in [6, 6.07) is 1.61. The quantitative estimate of drug-likeness (QED) is 0.888. The molecule has 0 fully saturated rings. The minimum Gasteiger partial charge on any atom is -0.481 e. The van der Waals surface area contributed by atoms with E-state index in [4.69, 9.17) is 5.11 Å². The van der Waals surface area contributed by atoms with Crippen LogP contribution >= 0.6 is 15.9 Å². The van der Waals surface area contributed by atoms with E-state index in [1.54, 1.807) is 13.8 Å². The molecule has 1 amide bonds. The number of carboxylic acid groups (broad SMARTS) is 1. The maximum absolute atomic E-state index is 13.8. The lowest BCUT2D eigenvalue weighted by Crippen LogP contribution is -2.39. The fraction of sp³-hybridized carbons (Fsp3) is 0.385. The van der Waals surface area contributed by atoms with Crippen LogP contribution in [0.15, 0.2) is 16.6 Å². The van der Waals surface area contributed by atoms with Gasteiger partial charge in [0.1, 0.15) is 17.2 Å². The van der Waals surface area contributed by atoms with E-state index in [2.05, 4.69) is 15.9 Å². The van der Waals surface area contributed by atoms with Crippen molar-refractivity contribution in [3.8, 4) is 0 Å². The number of nitrogens with zero attached hydrogens (tertiary/aromatic N) is 1. The van der Waals surface area contributed by atoms with E-state index in [1.165, 1.54) is 0 Å². The molecule has 1 aromatic rings. The molecule has 4 nitrogen and oxygen atoms in total. The van der Waals surface area contributed by atoms with E-state index in [9.17, 15) is 18.4 Å². The third kappa shape index (κ3) is 4.00. The summed E-state index contributed by atoms with van der Waals surface area (Å²) in [7, 11) is 0. The number of carbonyl (C=O) groups excluding carboxylic acids is 1. The molecule has 0 heterocycles. The van der Waals surface area contributed by atoms with Crippen LogP contribution in [0.3, 0.4) is 0 Å². The lowest BCUT2D eigenvalue weighted by molar-refractivity contribution is -0.137. The summed E-state index contributed by atoms with van der Waals surface area (Å²) < 4.78 is 27.7. The molecule has 0 radical (unpaired) electrons. The lowest BCUT2D eigenvalue weighted by atomic mass is 10.1. The second-order valence-corrected chi connectivity index (χ2v) is 5.40. The third-order valence-electron chi connectivity index (χ3n) is 2.67. The molecule has 0 bridgehead atoms. The van der Waals surface area contributed by atoms with Crippen molar-refractivity contribution >= 4 is 27.8 Å². The summed E-state index contributed by atoms with van der Waals surface area (Å²) in [4.78, 5) is 23.9. The Balaban J connectivity index is 3.10. The Hall–Kier alpha value is -1.50. The molecule has 1 rings (SSSR count). The van der Waals surface area contributed by atoms with Gasteiger partial charge in [0.2, 0.25) is 0 Å². The van der Waals surface area contributed by atoms with Crippen LogP contribution in [-0.4, -0.2) is 34.5 Å². The molecular formula is C13H14BrF2NO3. The minimum absolute atomic E-state index is 0.110. The summed E-state index contributed by atoms with van der Waals surface area (Å²) >= 11 is 2.93. The standard InChI is InChI=1S/C13H14BrF2NO3/c1-7(2)17(4-3-11(18)19)13(20)12-9(15)5-8(14)6-10(12)16/h5-7H,3-4H2,1-2H3,(H,18,19). The molecule has 0 unspecified atom stereocenters. The first-order chi connectivity index (χ1) is 9.23. The van der Waals surface area contributed by atoms with E-state index < -0.39 is 29.1 Å². The van der Waals surface area contributed by atoms with E-state index in [-0.39, 0.29) is 23.5 Å². The highest BCUT2D eigenvalue weighted by Gasteiger charge is 2.25. The maximum atomic E-state index is 13.8. The normalized spacial score (nSPS) is 10.7. The molecule has 1 N–H and O–H groups in total. The number of hydrogen-bond acceptors (Lipinski definition) is 2. The predicted molar refractivity (Wildman–Crippen MR) is 72.5 cm³/mol. The van der Waals surface area contributed by atoms with Crippen LogP contribution in [0, 0.1) is 11.6 Å². The van der Waals surface area contributed by atoms with Crippen molar-refractivity contribution in [2.24, 2.45) is 0 Å². The second-order valence-electron chi connectivity index (χ2n) is 4.48. The van der Waals surface area contributed by atoms with Crippen molar-refractivity contribution in [1.29, 1.82) is 0 Å². The minimum atomic E-state index is -1.08. The van der Waals surface area contributed by atoms with Gasteiger partial charge in [-0.2, -0.15) is 0 Å². The molecule has 20 heavy (non-hydrogen) atoms. The monoisotopic (exact) mass is 349 g/mol. The third-order valence-corrected chi connectivity index (χ3v) is 3.13. The predicted octanol–water partition coefficient (Wildman–Crippen LogP) is 3.05. The van der Waals surface area contributed by atoms with Gasteiger partial charge < -0.3 is 10.0 Å². The number of carbonyl (C=O) groups is 2. The smallest absolute Gasteiger partial charge is 0.305 e. The zero-order valence-electron chi connectivity index (χ0n) is 11.0. The Kier molecular flexibility index (Phi) is 5.62. The Bertz CT molecular complexity index is 511. The average molecular weight is 350 g/mol. The summed E-state index contributed by atoms with van der Waals surface area (Å²) in [6.07, 6.45) is -0.288. The summed E-state index contributed by atoms with van der Waals surface area (Å²) in [6.45, 7) is 3.18. The van der Waals surface area contributed by atoms with Gasteiger partial charge in [-0.25, -0.2) is 8.78 Å². The number of amides is 1. The van der Waals surface area contributed by atoms with Crippen LogP contribution in [0.25, 0.3) is 0 Å². The SMILES string of the molecule is CC(C)N(CCC(=O)O)C(=O)c1c(F)cc(Br)cc1F. The summed E-state index contributed by atoms with van der Waals surface area (Å²) in [5, 5.41) is 8.65. The Morgan fingerprint density at radius 3 is 2.20 bits per heavy atom. The molecule has 0 aromatic heterocycles. The van der Waals surface area contributed by atoms with Crippen LogP contribution in [0.2, 0.25) is 0 Å². The van der Waals surface area contributed by atoms with Crippen LogP contribution in [0.5, 0.6) is 0 Å². The highest BCUT2D eigenvalue weighted by Crippen LogP contribution is 2.21. The Morgan fingerprint density at radius 2 is 1.80 bits per heavy atom. The molecule has 7 heteroatoms. The van der Waals surface area contributed by atoms with Crippen molar-refractivity contribution in [1.82, 2.24) is 4.90 Å². The molecule has 0 spiro atoms. The fourth-order valence-electron chi connectivity index (χ4n) is 1.70. The average Bonchev–Trinajstić information content (AvgIpc) is 2.26. The van der Waals surface area contributed by atoms with E-state index in [0.29, 0.717) is 0 Å². The highest BCUT2D eigenvalue weighted by molar-refractivity contribution is 9.10. The van der Waals surface area contributed by atoms with Crippen LogP contribution in [0.4, 0.5) is 8.78 Å². The number of carboxylic acids is 1. The summed E-state index contributed by atoms with van der Waals surface area (Å²) in [5.74, 6) is -3.91. The first-order valence-corrected chi connectivity index (χ1v) is 6.70. The topological polar surface area (TPSA) is 57.6 Å². The second kappa shape index (κ2) is 6.78. The van der Waals surface area contributed by atoms with Crippen molar-refractivity contribution in [2.75, 3.05) is 6.54 Å². The largest absolute Gasteiger partial charge is 0.481 e. The fourth-order valence-corrected chi connectivity index (χ4v) is 2.10. The Morgan fingerprint density at radius 1 is 1.30 bits per heavy atom. The maximum Gasteiger partial charge on any atom is 0.305 e. The van der Waals surface area contributed by atoms with Gasteiger partial charge in [0.05, 0.1) is 6.42 Å². The van der Waals surface area contributed by atoms with Gasteiger partial charge in [0.15, 0.2) is 0 Å². The molecule has 110 valence electrons. The zero-order valence-corrected chi connectivity index (χ0v) is 12.6. The first-order valence-electron chi connectivity index (χ1n) is 5.91. The van der Waals surface area contributed by atoms with Crippen molar-refractivity contribution in [3.05, 3.63) is 33.8 Å². The summed E-state index contributed by atoms with van der Waals surface area (Å²) in [5.41, 5.74) is -0.674. The van der Waals surface area contributed by atoms with Crippen molar-refractivity contribution in [3.63, 3.8) is 0 Å². The number of halogens is 3. The van der Waals surface area contributed by atoms with Gasteiger partial charge >= 0.3 is 5.97 Å². The van der Waals surface area contributed by atoms with Crippen molar-refractivity contribution in [2.45, 2.75) is 26.3 Å². The molecule has 1 aromatic carbocycles.